The lowest BCUT2D eigenvalue weighted by molar-refractivity contribution is 1.28. The van der Waals surface area contributed by atoms with Crippen molar-refractivity contribution in [3.63, 3.8) is 0 Å². The lowest BCUT2D eigenvalue weighted by Crippen LogP contribution is -2.11. The van der Waals surface area contributed by atoms with Gasteiger partial charge in [-0.15, -0.1) is 0 Å². The van der Waals surface area contributed by atoms with Gasteiger partial charge in [0.25, 0.3) is 0 Å². The molecule has 0 unspecified atom stereocenters. The van der Waals surface area contributed by atoms with Gasteiger partial charge in [0, 0.05) is 16.9 Å². The maximum atomic E-state index is 2.39. The van der Waals surface area contributed by atoms with Crippen molar-refractivity contribution in [2.24, 2.45) is 0 Å². The number of hydrogen-bond acceptors (Lipinski definition) is 1. The molecular weight excluding hydrogens is 687 g/mol. The molecule has 0 N–H and O–H groups in total. The molecule has 0 spiro atoms. The van der Waals surface area contributed by atoms with E-state index >= 15 is 0 Å². The fraction of sp³-hybridized carbons (Fsp3) is 0. The van der Waals surface area contributed by atoms with Gasteiger partial charge in [-0.05, 0) is 102 Å². The molecule has 57 heavy (non-hydrogen) atoms. The van der Waals surface area contributed by atoms with Gasteiger partial charge >= 0.3 is 0 Å². The number of hydrogen-bond donors (Lipinski definition) is 0. The summed E-state index contributed by atoms with van der Waals surface area (Å²) in [5.41, 5.74) is 15.4. The third kappa shape index (κ3) is 6.36. The van der Waals surface area contributed by atoms with E-state index in [9.17, 15) is 0 Å². The van der Waals surface area contributed by atoms with Gasteiger partial charge in [0.2, 0.25) is 0 Å². The molecule has 0 saturated heterocycles. The van der Waals surface area contributed by atoms with Crippen LogP contribution in [0.2, 0.25) is 0 Å². The highest BCUT2D eigenvalue weighted by molar-refractivity contribution is 6.25. The summed E-state index contributed by atoms with van der Waals surface area (Å²) in [7, 11) is 0. The van der Waals surface area contributed by atoms with E-state index in [4.69, 9.17) is 0 Å². The molecule has 10 aromatic carbocycles. The van der Waals surface area contributed by atoms with Crippen molar-refractivity contribution in [2.75, 3.05) is 4.90 Å². The van der Waals surface area contributed by atoms with Crippen molar-refractivity contribution in [2.45, 2.75) is 0 Å². The Labute approximate surface area is 334 Å². The summed E-state index contributed by atoms with van der Waals surface area (Å²) in [5.74, 6) is 0. The highest BCUT2D eigenvalue weighted by Gasteiger charge is 2.21. The standard InChI is InChI=1S/C56H39N/c1-5-18-40(19-6-1)41-32-36-46(37-33-41)57(53-31-16-15-26-48(53)42-20-7-2-8-21-42)47-38-34-43(35-39-47)49-29-17-30-52-55(45-24-11-4-12-25-45)54(44-22-9-3-10-23-44)50-27-13-14-28-51(50)56(49)52/h1-39H. The normalized spacial score (nSPS) is 11.2. The lowest BCUT2D eigenvalue weighted by Gasteiger charge is -2.28. The summed E-state index contributed by atoms with van der Waals surface area (Å²) in [6.07, 6.45) is 0. The second-order valence-electron chi connectivity index (χ2n) is 14.4. The van der Waals surface area contributed by atoms with Gasteiger partial charge in [-0.25, -0.2) is 0 Å². The molecule has 0 radical (unpaired) electrons. The van der Waals surface area contributed by atoms with Crippen molar-refractivity contribution < 1.29 is 0 Å². The van der Waals surface area contributed by atoms with E-state index in [1.165, 1.54) is 77.2 Å². The summed E-state index contributed by atoms with van der Waals surface area (Å²) in [5, 5.41) is 5.02. The maximum absolute atomic E-state index is 2.39. The van der Waals surface area contributed by atoms with E-state index < -0.39 is 0 Å². The molecule has 0 amide bonds. The molecule has 0 atom stereocenters. The minimum Gasteiger partial charge on any atom is -0.310 e. The molecule has 0 aliphatic carbocycles. The van der Waals surface area contributed by atoms with Crippen LogP contribution in [0.1, 0.15) is 0 Å². The summed E-state index contributed by atoms with van der Waals surface area (Å²) in [4.78, 5) is 2.39. The second kappa shape index (κ2) is 15.0. The number of nitrogens with zero attached hydrogens (tertiary/aromatic N) is 1. The molecule has 0 fully saturated rings. The van der Waals surface area contributed by atoms with Gasteiger partial charge in [-0.3, -0.25) is 0 Å². The number of fused-ring (bicyclic) bond motifs is 3. The van der Waals surface area contributed by atoms with Gasteiger partial charge in [0.1, 0.15) is 0 Å². The smallest absolute Gasteiger partial charge is 0.0540 e. The largest absolute Gasteiger partial charge is 0.310 e. The first kappa shape index (κ1) is 34.0. The Balaban J connectivity index is 1.15. The van der Waals surface area contributed by atoms with Crippen molar-refractivity contribution in [3.05, 3.63) is 237 Å². The van der Waals surface area contributed by atoms with Crippen LogP contribution in [0.3, 0.4) is 0 Å². The van der Waals surface area contributed by atoms with Crippen LogP contribution >= 0.6 is 0 Å². The van der Waals surface area contributed by atoms with Crippen LogP contribution in [0, 0.1) is 0 Å². The number of benzene rings is 10. The molecule has 10 aromatic rings. The Morgan fingerprint density at radius 3 is 1.21 bits per heavy atom. The first-order valence-corrected chi connectivity index (χ1v) is 19.6. The van der Waals surface area contributed by atoms with Crippen LogP contribution in [0.15, 0.2) is 237 Å². The van der Waals surface area contributed by atoms with Crippen LogP contribution in [0.5, 0.6) is 0 Å². The zero-order valence-electron chi connectivity index (χ0n) is 31.5. The molecule has 0 aliphatic heterocycles. The fourth-order valence-electron chi connectivity index (χ4n) is 8.47. The summed E-state index contributed by atoms with van der Waals surface area (Å²) in [6.45, 7) is 0. The van der Waals surface area contributed by atoms with Crippen molar-refractivity contribution >= 4 is 38.6 Å². The molecular formula is C56H39N. The SMILES string of the molecule is c1ccc(-c2ccc(N(c3ccc(-c4cccc5c(-c6ccccc6)c(-c6ccccc6)c6ccccc6c45)cc3)c3ccccc3-c3ccccc3)cc2)cc1. The van der Waals surface area contributed by atoms with E-state index in [1.807, 2.05) is 0 Å². The molecule has 0 aliphatic rings. The zero-order chi connectivity index (χ0) is 38.0. The number of para-hydroxylation sites is 1. The van der Waals surface area contributed by atoms with E-state index in [0.717, 1.165) is 17.1 Å². The van der Waals surface area contributed by atoms with Crippen LogP contribution < -0.4 is 4.90 Å². The predicted octanol–water partition coefficient (Wildman–Crippen LogP) is 15.8. The summed E-state index contributed by atoms with van der Waals surface area (Å²) in [6, 6.07) is 85.5. The third-order valence-electron chi connectivity index (χ3n) is 11.1. The Morgan fingerprint density at radius 2 is 0.614 bits per heavy atom. The quantitative estimate of drug-likeness (QED) is 0.141. The number of anilines is 3. The Morgan fingerprint density at radius 1 is 0.228 bits per heavy atom. The first-order chi connectivity index (χ1) is 28.3. The maximum Gasteiger partial charge on any atom is 0.0540 e. The fourth-order valence-corrected chi connectivity index (χ4v) is 8.47. The minimum absolute atomic E-state index is 1.09. The van der Waals surface area contributed by atoms with E-state index in [1.54, 1.807) is 0 Å². The lowest BCUT2D eigenvalue weighted by atomic mass is 9.83. The molecule has 0 aromatic heterocycles. The van der Waals surface area contributed by atoms with Crippen LogP contribution in [0.25, 0.3) is 77.2 Å². The average Bonchev–Trinajstić information content (AvgIpc) is 3.30. The topological polar surface area (TPSA) is 3.24 Å². The Kier molecular flexibility index (Phi) is 8.95. The minimum atomic E-state index is 1.09. The van der Waals surface area contributed by atoms with Gasteiger partial charge in [-0.1, -0.05) is 206 Å². The molecule has 0 heterocycles. The van der Waals surface area contributed by atoms with Crippen molar-refractivity contribution in [1.82, 2.24) is 0 Å². The van der Waals surface area contributed by atoms with E-state index in [-0.39, 0.29) is 0 Å². The third-order valence-corrected chi connectivity index (χ3v) is 11.1. The van der Waals surface area contributed by atoms with Crippen LogP contribution in [-0.4, -0.2) is 0 Å². The monoisotopic (exact) mass is 725 g/mol. The highest BCUT2D eigenvalue weighted by atomic mass is 15.1. The second-order valence-corrected chi connectivity index (χ2v) is 14.4. The van der Waals surface area contributed by atoms with Gasteiger partial charge in [0.05, 0.1) is 5.69 Å². The van der Waals surface area contributed by atoms with Gasteiger partial charge in [0.15, 0.2) is 0 Å². The average molecular weight is 726 g/mol. The summed E-state index contributed by atoms with van der Waals surface area (Å²) < 4.78 is 0. The Hall–Kier alpha value is -7.48. The van der Waals surface area contributed by atoms with Crippen LogP contribution in [-0.2, 0) is 0 Å². The highest BCUT2D eigenvalue weighted by Crippen LogP contribution is 2.48. The molecule has 0 bridgehead atoms. The molecule has 10 rings (SSSR count). The Bertz CT molecular complexity index is 2950. The molecule has 1 heteroatoms. The van der Waals surface area contributed by atoms with E-state index in [0.29, 0.717) is 0 Å². The van der Waals surface area contributed by atoms with Gasteiger partial charge in [-0.2, -0.15) is 0 Å². The molecule has 268 valence electrons. The van der Waals surface area contributed by atoms with Crippen LogP contribution in [0.4, 0.5) is 17.1 Å². The predicted molar refractivity (Wildman–Crippen MR) is 243 cm³/mol. The molecule has 1 nitrogen and oxygen atoms in total. The zero-order valence-corrected chi connectivity index (χ0v) is 31.5. The summed E-state index contributed by atoms with van der Waals surface area (Å²) >= 11 is 0. The van der Waals surface area contributed by atoms with E-state index in [2.05, 4.69) is 241 Å². The number of rotatable bonds is 8. The van der Waals surface area contributed by atoms with Crippen molar-refractivity contribution in [3.8, 4) is 55.6 Å². The van der Waals surface area contributed by atoms with Gasteiger partial charge < -0.3 is 4.90 Å². The van der Waals surface area contributed by atoms with Crippen molar-refractivity contribution in [1.29, 1.82) is 0 Å². The first-order valence-electron chi connectivity index (χ1n) is 19.6. The molecule has 0 saturated carbocycles.